The van der Waals surface area contributed by atoms with Crippen molar-refractivity contribution < 1.29 is 0 Å². The van der Waals surface area contributed by atoms with Crippen molar-refractivity contribution >= 4 is 5.96 Å². The number of nitrogens with zero attached hydrogens (tertiary/aromatic N) is 2. The van der Waals surface area contributed by atoms with Crippen molar-refractivity contribution in [2.45, 2.75) is 50.6 Å². The van der Waals surface area contributed by atoms with Gasteiger partial charge in [-0.15, -0.1) is 0 Å². The fraction of sp³-hybridized carbons (Fsp3) is 0.923. The highest BCUT2D eigenvalue weighted by Gasteiger charge is 2.35. The molecular formula is C13H24N4. The lowest BCUT2D eigenvalue weighted by Gasteiger charge is -2.36. The quantitative estimate of drug-likeness (QED) is 0.766. The molecule has 0 aromatic rings. The number of hydrogen-bond donors (Lipinski definition) is 2. The van der Waals surface area contributed by atoms with Crippen LogP contribution in [0.4, 0.5) is 0 Å². The van der Waals surface area contributed by atoms with Crippen molar-refractivity contribution in [3.05, 3.63) is 0 Å². The molecule has 4 nitrogen and oxygen atoms in total. The summed E-state index contributed by atoms with van der Waals surface area (Å²) in [5.41, 5.74) is 0. The molecule has 3 rings (SSSR count). The third kappa shape index (κ3) is 2.92. The summed E-state index contributed by atoms with van der Waals surface area (Å²) in [5.74, 6) is 1.03. The van der Waals surface area contributed by atoms with Gasteiger partial charge in [0, 0.05) is 31.7 Å². The van der Waals surface area contributed by atoms with Crippen LogP contribution in [-0.4, -0.2) is 49.1 Å². The fourth-order valence-electron chi connectivity index (χ4n) is 2.99. The molecule has 1 atom stereocenters. The highest BCUT2D eigenvalue weighted by molar-refractivity contribution is 5.80. The zero-order valence-corrected chi connectivity index (χ0v) is 10.6. The number of nitrogens with one attached hydrogen (secondary N) is 2. The van der Waals surface area contributed by atoms with E-state index in [1.165, 1.54) is 45.1 Å². The minimum Gasteiger partial charge on any atom is -0.356 e. The summed E-state index contributed by atoms with van der Waals surface area (Å²) in [6.45, 7) is 4.44. The second-order valence-corrected chi connectivity index (χ2v) is 5.51. The predicted molar refractivity (Wildman–Crippen MR) is 70.3 cm³/mol. The molecule has 2 heterocycles. The molecule has 96 valence electrons. The Hall–Kier alpha value is -0.770. The highest BCUT2D eigenvalue weighted by Crippen LogP contribution is 2.32. The third-order valence-corrected chi connectivity index (χ3v) is 4.09. The topological polar surface area (TPSA) is 39.7 Å². The molecule has 2 aliphatic heterocycles. The molecule has 0 aromatic carbocycles. The smallest absolute Gasteiger partial charge is 0.191 e. The van der Waals surface area contributed by atoms with Gasteiger partial charge in [0.05, 0.1) is 0 Å². The molecule has 1 unspecified atom stereocenters. The van der Waals surface area contributed by atoms with Crippen LogP contribution in [0.15, 0.2) is 4.99 Å². The van der Waals surface area contributed by atoms with Crippen molar-refractivity contribution in [2.75, 3.05) is 26.2 Å². The lowest BCUT2D eigenvalue weighted by atomic mass is 10.0. The van der Waals surface area contributed by atoms with Gasteiger partial charge >= 0.3 is 0 Å². The second kappa shape index (κ2) is 5.25. The van der Waals surface area contributed by atoms with Gasteiger partial charge in [-0.1, -0.05) is 6.42 Å². The normalized spacial score (nSPS) is 30.6. The first-order chi connectivity index (χ1) is 8.43. The Morgan fingerprint density at radius 1 is 1.24 bits per heavy atom. The molecule has 1 aliphatic carbocycles. The molecule has 2 fully saturated rings. The zero-order valence-electron chi connectivity index (χ0n) is 10.6. The van der Waals surface area contributed by atoms with Crippen LogP contribution >= 0.6 is 0 Å². The van der Waals surface area contributed by atoms with Crippen molar-refractivity contribution in [2.24, 2.45) is 4.99 Å². The third-order valence-electron chi connectivity index (χ3n) is 4.09. The Labute approximate surface area is 104 Å². The monoisotopic (exact) mass is 236 g/mol. The Morgan fingerprint density at radius 2 is 2.18 bits per heavy atom. The standard InChI is InChI=1S/C13H24N4/c1-2-9-17(11-5-6-11)12(4-1)10-16-13-14-7-3-8-15-13/h11-12H,1-10H2,(H2,14,15,16). The molecule has 0 bridgehead atoms. The van der Waals surface area contributed by atoms with E-state index in [1.54, 1.807) is 0 Å². The van der Waals surface area contributed by atoms with Crippen molar-refractivity contribution in [3.63, 3.8) is 0 Å². The van der Waals surface area contributed by atoms with E-state index < -0.39 is 0 Å². The molecule has 3 aliphatic rings. The maximum absolute atomic E-state index is 4.48. The van der Waals surface area contributed by atoms with E-state index in [0.29, 0.717) is 0 Å². The van der Waals surface area contributed by atoms with E-state index in [0.717, 1.165) is 37.7 Å². The van der Waals surface area contributed by atoms with Gasteiger partial charge in [0.2, 0.25) is 0 Å². The summed E-state index contributed by atoms with van der Waals surface area (Å²) < 4.78 is 0. The summed E-state index contributed by atoms with van der Waals surface area (Å²) in [6.07, 6.45) is 8.17. The van der Waals surface area contributed by atoms with Gasteiger partial charge in [-0.05, 0) is 38.6 Å². The predicted octanol–water partition coefficient (Wildman–Crippen LogP) is 0.942. The molecule has 4 heteroatoms. The molecule has 0 radical (unpaired) electrons. The zero-order chi connectivity index (χ0) is 11.5. The molecule has 17 heavy (non-hydrogen) atoms. The average molecular weight is 236 g/mol. The van der Waals surface area contributed by atoms with Gasteiger partial charge in [-0.2, -0.15) is 0 Å². The van der Waals surface area contributed by atoms with Crippen LogP contribution in [0.1, 0.15) is 38.5 Å². The highest BCUT2D eigenvalue weighted by atomic mass is 15.3. The first-order valence-corrected chi connectivity index (χ1v) is 7.21. The minimum atomic E-state index is 0.739. The van der Waals surface area contributed by atoms with E-state index >= 15 is 0 Å². The summed E-state index contributed by atoms with van der Waals surface area (Å²) >= 11 is 0. The van der Waals surface area contributed by atoms with E-state index in [4.69, 9.17) is 0 Å². The maximum Gasteiger partial charge on any atom is 0.191 e. The van der Waals surface area contributed by atoms with Gasteiger partial charge in [-0.3, -0.25) is 9.89 Å². The van der Waals surface area contributed by atoms with Crippen molar-refractivity contribution in [1.82, 2.24) is 15.5 Å². The van der Waals surface area contributed by atoms with E-state index in [2.05, 4.69) is 20.5 Å². The molecule has 0 amide bonds. The van der Waals surface area contributed by atoms with E-state index in [1.807, 2.05) is 0 Å². The summed E-state index contributed by atoms with van der Waals surface area (Å²) in [4.78, 5) is 7.21. The number of aliphatic imine (C=N–C) groups is 1. The minimum absolute atomic E-state index is 0.739. The van der Waals surface area contributed by atoms with Crippen LogP contribution in [0.25, 0.3) is 0 Å². The molecule has 2 N–H and O–H groups in total. The van der Waals surface area contributed by atoms with Crippen LogP contribution < -0.4 is 10.6 Å². The summed E-state index contributed by atoms with van der Waals surface area (Å²) in [7, 11) is 0. The summed E-state index contributed by atoms with van der Waals surface area (Å²) in [5, 5.41) is 6.84. The lowest BCUT2D eigenvalue weighted by Crippen LogP contribution is -2.50. The van der Waals surface area contributed by atoms with Crippen LogP contribution in [0, 0.1) is 0 Å². The molecule has 1 saturated carbocycles. The Morgan fingerprint density at radius 3 is 2.94 bits per heavy atom. The maximum atomic E-state index is 4.48. The molecule has 0 aromatic heterocycles. The molecule has 1 saturated heterocycles. The fourth-order valence-corrected chi connectivity index (χ4v) is 2.99. The number of hydrogen-bond acceptors (Lipinski definition) is 4. The molecular weight excluding hydrogens is 212 g/mol. The van der Waals surface area contributed by atoms with Crippen LogP contribution in [-0.2, 0) is 0 Å². The Bertz CT molecular complexity index is 285. The number of piperidine rings is 1. The Balaban J connectivity index is 1.50. The SMILES string of the molecule is C1CN=C(NCC2CCCCN2C2CC2)NC1. The number of likely N-dealkylation sites (tertiary alicyclic amines) is 1. The number of rotatable bonds is 3. The van der Waals surface area contributed by atoms with Crippen LogP contribution in [0.5, 0.6) is 0 Å². The number of guanidine groups is 1. The van der Waals surface area contributed by atoms with Gasteiger partial charge < -0.3 is 10.6 Å². The molecule has 0 spiro atoms. The van der Waals surface area contributed by atoms with Gasteiger partial charge in [0.1, 0.15) is 0 Å². The first-order valence-electron chi connectivity index (χ1n) is 7.21. The van der Waals surface area contributed by atoms with E-state index in [-0.39, 0.29) is 0 Å². The lowest BCUT2D eigenvalue weighted by molar-refractivity contribution is 0.140. The Kier molecular flexibility index (Phi) is 3.50. The van der Waals surface area contributed by atoms with Crippen LogP contribution in [0.3, 0.4) is 0 Å². The van der Waals surface area contributed by atoms with Gasteiger partial charge in [0.15, 0.2) is 5.96 Å². The second-order valence-electron chi connectivity index (χ2n) is 5.51. The first kappa shape index (κ1) is 11.3. The van der Waals surface area contributed by atoms with Crippen molar-refractivity contribution in [1.29, 1.82) is 0 Å². The van der Waals surface area contributed by atoms with Gasteiger partial charge in [-0.25, -0.2) is 0 Å². The van der Waals surface area contributed by atoms with E-state index in [9.17, 15) is 0 Å². The average Bonchev–Trinajstić information content (AvgIpc) is 3.22. The van der Waals surface area contributed by atoms with Crippen LogP contribution in [0.2, 0.25) is 0 Å². The largest absolute Gasteiger partial charge is 0.356 e. The van der Waals surface area contributed by atoms with Crippen molar-refractivity contribution in [3.8, 4) is 0 Å². The summed E-state index contributed by atoms with van der Waals surface area (Å²) in [6, 6.07) is 1.64. The van der Waals surface area contributed by atoms with Gasteiger partial charge in [0.25, 0.3) is 0 Å².